The Hall–Kier alpha value is -2.66. The average molecular weight is 340 g/mol. The van der Waals surface area contributed by atoms with Gasteiger partial charge >= 0.3 is 0 Å². The van der Waals surface area contributed by atoms with Crippen LogP contribution in [0.5, 0.6) is 0 Å². The van der Waals surface area contributed by atoms with E-state index in [4.69, 9.17) is 11.6 Å². The van der Waals surface area contributed by atoms with Gasteiger partial charge in [0.25, 0.3) is 0 Å². The van der Waals surface area contributed by atoms with Gasteiger partial charge in [0, 0.05) is 36.6 Å². The van der Waals surface area contributed by atoms with Crippen molar-refractivity contribution in [2.24, 2.45) is 5.10 Å². The maximum Gasteiger partial charge on any atom is 0.106 e. The number of anilines is 1. The van der Waals surface area contributed by atoms with E-state index in [1.54, 1.807) is 18.6 Å². The Balaban J connectivity index is 1.67. The van der Waals surface area contributed by atoms with E-state index in [1.165, 1.54) is 0 Å². The number of nitrogens with one attached hydrogen (secondary N) is 1. The number of imidazole rings is 1. The Morgan fingerprint density at radius 2 is 1.92 bits per heavy atom. The fourth-order valence-corrected chi connectivity index (χ4v) is 2.49. The van der Waals surface area contributed by atoms with Gasteiger partial charge < -0.3 is 4.57 Å². The van der Waals surface area contributed by atoms with Gasteiger partial charge in [0.05, 0.1) is 17.6 Å². The molecule has 0 aliphatic rings. The van der Waals surface area contributed by atoms with Crippen LogP contribution >= 0.6 is 11.6 Å². The number of benzene rings is 1. The first-order chi connectivity index (χ1) is 11.8. The van der Waals surface area contributed by atoms with Crippen molar-refractivity contribution in [3.63, 3.8) is 0 Å². The van der Waals surface area contributed by atoms with Crippen LogP contribution < -0.4 is 5.43 Å². The van der Waals surface area contributed by atoms with Gasteiger partial charge in [-0.25, -0.2) is 4.98 Å². The van der Waals surface area contributed by atoms with Crippen LogP contribution in [-0.4, -0.2) is 26.6 Å². The Bertz CT molecular complexity index is 809. The molecule has 24 heavy (non-hydrogen) atoms. The number of pyridine rings is 1. The van der Waals surface area contributed by atoms with E-state index >= 15 is 0 Å². The summed E-state index contributed by atoms with van der Waals surface area (Å²) in [6, 6.07) is 11.8. The third-order valence-corrected chi connectivity index (χ3v) is 3.76. The molecule has 1 aromatic carbocycles. The molecule has 0 bridgehead atoms. The number of rotatable bonds is 6. The van der Waals surface area contributed by atoms with E-state index < -0.39 is 0 Å². The normalized spacial score (nSPS) is 11.1. The van der Waals surface area contributed by atoms with Gasteiger partial charge in [-0.05, 0) is 36.8 Å². The summed E-state index contributed by atoms with van der Waals surface area (Å²) in [5.74, 6) is 1.55. The number of aryl methyl sites for hydroxylation is 2. The van der Waals surface area contributed by atoms with Crippen LogP contribution in [0, 0.1) is 6.92 Å². The van der Waals surface area contributed by atoms with Crippen molar-refractivity contribution in [3.05, 3.63) is 66.4 Å². The lowest BCUT2D eigenvalue weighted by atomic mass is 10.1. The molecule has 3 rings (SSSR count). The monoisotopic (exact) mass is 339 g/mol. The molecule has 6 heteroatoms. The third-order valence-electron chi connectivity index (χ3n) is 3.60. The lowest BCUT2D eigenvalue weighted by molar-refractivity contribution is 0.735. The Morgan fingerprint density at radius 3 is 2.62 bits per heavy atom. The molecule has 3 aromatic rings. The highest BCUT2D eigenvalue weighted by atomic mass is 35.5. The number of alkyl halides is 1. The number of hydrazone groups is 1. The Morgan fingerprint density at radius 1 is 1.17 bits per heavy atom. The van der Waals surface area contributed by atoms with Gasteiger partial charge in [-0.15, -0.1) is 11.6 Å². The summed E-state index contributed by atoms with van der Waals surface area (Å²) in [5.41, 5.74) is 6.94. The summed E-state index contributed by atoms with van der Waals surface area (Å²) in [5, 5.41) is 4.22. The molecule has 0 radical (unpaired) electrons. The summed E-state index contributed by atoms with van der Waals surface area (Å²) in [7, 11) is 0. The topological polar surface area (TPSA) is 55.1 Å². The van der Waals surface area contributed by atoms with Crippen LogP contribution in [0.25, 0.3) is 11.3 Å². The predicted octanol–water partition coefficient (Wildman–Crippen LogP) is 3.94. The second kappa shape index (κ2) is 7.75. The van der Waals surface area contributed by atoms with E-state index in [2.05, 4.69) is 25.1 Å². The SMILES string of the molecule is Cc1nc(-c2ccc(N/N=C/c3ccncc3)cc2)cn1CCCl. The molecule has 0 atom stereocenters. The highest BCUT2D eigenvalue weighted by Crippen LogP contribution is 2.21. The molecule has 122 valence electrons. The first kappa shape index (κ1) is 16.2. The first-order valence-electron chi connectivity index (χ1n) is 7.65. The number of aromatic nitrogens is 3. The van der Waals surface area contributed by atoms with Crippen LogP contribution in [0.1, 0.15) is 11.4 Å². The van der Waals surface area contributed by atoms with Crippen LogP contribution in [0.15, 0.2) is 60.1 Å². The smallest absolute Gasteiger partial charge is 0.106 e. The lowest BCUT2D eigenvalue weighted by Gasteiger charge is -2.02. The number of hydrogen-bond acceptors (Lipinski definition) is 4. The Labute approximate surface area is 146 Å². The number of hydrogen-bond donors (Lipinski definition) is 1. The van der Waals surface area contributed by atoms with Crippen LogP contribution in [0.4, 0.5) is 5.69 Å². The van der Waals surface area contributed by atoms with Gasteiger partial charge in [0.1, 0.15) is 5.82 Å². The zero-order valence-corrected chi connectivity index (χ0v) is 14.1. The van der Waals surface area contributed by atoms with E-state index in [9.17, 15) is 0 Å². The zero-order valence-electron chi connectivity index (χ0n) is 13.4. The Kier molecular flexibility index (Phi) is 5.23. The minimum Gasteiger partial charge on any atom is -0.333 e. The lowest BCUT2D eigenvalue weighted by Crippen LogP contribution is -1.99. The van der Waals surface area contributed by atoms with Gasteiger partial charge in [-0.2, -0.15) is 5.10 Å². The highest BCUT2D eigenvalue weighted by Gasteiger charge is 2.06. The van der Waals surface area contributed by atoms with Gasteiger partial charge in [-0.1, -0.05) is 12.1 Å². The molecule has 0 spiro atoms. The van der Waals surface area contributed by atoms with Crippen LogP contribution in [0.2, 0.25) is 0 Å². The molecule has 0 unspecified atom stereocenters. The number of halogens is 1. The molecule has 0 aliphatic heterocycles. The van der Waals surface area contributed by atoms with Crippen molar-refractivity contribution in [2.75, 3.05) is 11.3 Å². The second-order valence-electron chi connectivity index (χ2n) is 5.28. The fraction of sp³-hybridized carbons (Fsp3) is 0.167. The molecular weight excluding hydrogens is 322 g/mol. The summed E-state index contributed by atoms with van der Waals surface area (Å²) in [6.07, 6.45) is 7.26. The first-order valence-corrected chi connectivity index (χ1v) is 8.19. The van der Waals surface area contributed by atoms with E-state index in [-0.39, 0.29) is 0 Å². The third kappa shape index (κ3) is 4.00. The largest absolute Gasteiger partial charge is 0.333 e. The van der Waals surface area contributed by atoms with Gasteiger partial charge in [0.2, 0.25) is 0 Å². The highest BCUT2D eigenvalue weighted by molar-refractivity contribution is 6.17. The number of nitrogens with zero attached hydrogens (tertiary/aromatic N) is 4. The van der Waals surface area contributed by atoms with Crippen molar-refractivity contribution in [1.82, 2.24) is 14.5 Å². The van der Waals surface area contributed by atoms with E-state index in [0.29, 0.717) is 5.88 Å². The molecule has 1 N–H and O–H groups in total. The minimum atomic E-state index is 0.578. The molecule has 2 heterocycles. The summed E-state index contributed by atoms with van der Waals surface area (Å²) < 4.78 is 2.06. The van der Waals surface area contributed by atoms with Crippen molar-refractivity contribution < 1.29 is 0 Å². The van der Waals surface area contributed by atoms with Gasteiger partial charge in [0.15, 0.2) is 0 Å². The molecule has 5 nitrogen and oxygen atoms in total. The molecule has 0 amide bonds. The van der Waals surface area contributed by atoms with E-state index in [1.807, 2.05) is 49.5 Å². The summed E-state index contributed by atoms with van der Waals surface area (Å²) >= 11 is 5.80. The van der Waals surface area contributed by atoms with Crippen molar-refractivity contribution in [3.8, 4) is 11.3 Å². The molecule has 0 fully saturated rings. The van der Waals surface area contributed by atoms with E-state index in [0.717, 1.165) is 34.9 Å². The quantitative estimate of drug-likeness (QED) is 0.420. The predicted molar refractivity (Wildman–Crippen MR) is 98.6 cm³/mol. The molecule has 0 saturated heterocycles. The molecule has 0 saturated carbocycles. The minimum absolute atomic E-state index is 0.578. The van der Waals surface area contributed by atoms with Crippen molar-refractivity contribution in [2.45, 2.75) is 13.5 Å². The standard InChI is InChI=1S/C18H18ClN5/c1-14-22-18(13-24(14)11-8-19)16-2-4-17(5-3-16)23-21-12-15-6-9-20-10-7-15/h2-7,9-10,12-13,23H,8,11H2,1H3/b21-12+. The molecule has 0 aliphatic carbocycles. The van der Waals surface area contributed by atoms with Crippen molar-refractivity contribution in [1.29, 1.82) is 0 Å². The second-order valence-corrected chi connectivity index (χ2v) is 5.66. The van der Waals surface area contributed by atoms with Crippen molar-refractivity contribution >= 4 is 23.5 Å². The maximum absolute atomic E-state index is 5.80. The van der Waals surface area contributed by atoms with Crippen LogP contribution in [-0.2, 0) is 6.54 Å². The maximum atomic E-state index is 5.80. The van der Waals surface area contributed by atoms with Gasteiger partial charge in [-0.3, -0.25) is 10.4 Å². The molecule has 2 aromatic heterocycles. The average Bonchev–Trinajstić information content (AvgIpc) is 2.98. The fourth-order valence-electron chi connectivity index (χ4n) is 2.31. The zero-order chi connectivity index (χ0) is 16.8. The summed E-state index contributed by atoms with van der Waals surface area (Å²) in [6.45, 7) is 2.75. The summed E-state index contributed by atoms with van der Waals surface area (Å²) in [4.78, 5) is 8.55. The van der Waals surface area contributed by atoms with Crippen LogP contribution in [0.3, 0.4) is 0 Å². The molecular formula is C18H18ClN5.